The smallest absolute Gasteiger partial charge is 0.299 e. The number of hydrazone groups is 1. The number of hydrogen-bond donors (Lipinski definition) is 2. The minimum absolute atomic E-state index is 0.259. The minimum Gasteiger partial charge on any atom is -0.299 e. The van der Waals surface area contributed by atoms with E-state index in [-0.39, 0.29) is 11.2 Å². The van der Waals surface area contributed by atoms with Crippen molar-refractivity contribution < 1.29 is 0 Å². The summed E-state index contributed by atoms with van der Waals surface area (Å²) in [5, 5.41) is 4.89. The lowest BCUT2D eigenvalue weighted by molar-refractivity contribution is 0.818. The predicted octanol–water partition coefficient (Wildman–Crippen LogP) is 3.07. The molecule has 3 aromatic rings. The monoisotopic (exact) mass is 412 g/mol. The number of H-pyrrole nitrogens is 1. The molecule has 0 bridgehead atoms. The molecule has 9 heteroatoms. The molecule has 2 heterocycles. The number of imidazole rings is 1. The van der Waals surface area contributed by atoms with Gasteiger partial charge in [-0.1, -0.05) is 54.1 Å². The third-order valence-electron chi connectivity index (χ3n) is 4.21. The fourth-order valence-electron chi connectivity index (χ4n) is 2.67. The molecular weight excluding hydrogens is 392 g/mol. The number of aryl methyl sites for hydroxylation is 1. The number of fused-ring (bicyclic) bond motifs is 1. The summed E-state index contributed by atoms with van der Waals surface area (Å²) in [7, 11) is 1.54. The molecule has 0 saturated carbocycles. The van der Waals surface area contributed by atoms with Crippen LogP contribution in [0.25, 0.3) is 17.2 Å². The second-order valence-corrected chi connectivity index (χ2v) is 7.03. The molecule has 0 fully saturated rings. The van der Waals surface area contributed by atoms with E-state index >= 15 is 0 Å². The highest BCUT2D eigenvalue weighted by Crippen LogP contribution is 2.16. The number of benzene rings is 1. The number of aromatic amines is 1. The molecule has 0 spiro atoms. The maximum Gasteiger partial charge on any atom is 0.329 e. The van der Waals surface area contributed by atoms with E-state index in [1.807, 2.05) is 49.4 Å². The van der Waals surface area contributed by atoms with Crippen LogP contribution in [0.1, 0.15) is 19.4 Å². The van der Waals surface area contributed by atoms with Gasteiger partial charge in [0.25, 0.3) is 5.56 Å². The molecular formula is C20H21ClN6O2. The van der Waals surface area contributed by atoms with Gasteiger partial charge in [-0.3, -0.25) is 18.9 Å². The van der Waals surface area contributed by atoms with Crippen molar-refractivity contribution in [1.82, 2.24) is 19.1 Å². The number of nitrogens with zero attached hydrogens (tertiary/aromatic N) is 4. The topological polar surface area (TPSA) is 97.1 Å². The summed E-state index contributed by atoms with van der Waals surface area (Å²) in [6.07, 6.45) is 5.54. The summed E-state index contributed by atoms with van der Waals surface area (Å²) < 4.78 is 2.90. The molecule has 3 rings (SSSR count). The van der Waals surface area contributed by atoms with Crippen molar-refractivity contribution in [2.75, 3.05) is 5.43 Å². The highest BCUT2D eigenvalue weighted by Gasteiger charge is 2.16. The van der Waals surface area contributed by atoms with Crippen LogP contribution in [0.2, 0.25) is 0 Å². The summed E-state index contributed by atoms with van der Waals surface area (Å²) in [6, 6.07) is 9.85. The van der Waals surface area contributed by atoms with Gasteiger partial charge in [0.1, 0.15) is 0 Å². The zero-order chi connectivity index (χ0) is 21.0. The van der Waals surface area contributed by atoms with Crippen molar-refractivity contribution in [3.05, 3.63) is 73.9 Å². The Morgan fingerprint density at radius 1 is 1.28 bits per heavy atom. The first-order valence-corrected chi connectivity index (χ1v) is 9.30. The largest absolute Gasteiger partial charge is 0.329 e. The third-order valence-corrected chi connectivity index (χ3v) is 4.37. The molecule has 0 amide bonds. The average Bonchev–Trinajstić information content (AvgIpc) is 3.07. The fraction of sp³-hybridized carbons (Fsp3) is 0.200. The van der Waals surface area contributed by atoms with Crippen LogP contribution in [0.4, 0.5) is 5.95 Å². The highest BCUT2D eigenvalue weighted by molar-refractivity contribution is 6.29. The van der Waals surface area contributed by atoms with Gasteiger partial charge in [0.05, 0.1) is 5.71 Å². The molecule has 8 nitrogen and oxygen atoms in total. The second kappa shape index (κ2) is 8.74. The van der Waals surface area contributed by atoms with E-state index in [1.165, 1.54) is 4.57 Å². The van der Waals surface area contributed by atoms with Gasteiger partial charge in [-0.2, -0.15) is 10.1 Å². The number of anilines is 1. The lowest BCUT2D eigenvalue weighted by atomic mass is 10.2. The maximum absolute atomic E-state index is 12.4. The van der Waals surface area contributed by atoms with Crippen LogP contribution in [-0.2, 0) is 13.6 Å². The summed E-state index contributed by atoms with van der Waals surface area (Å²) in [5.41, 5.74) is 4.11. The number of rotatable bonds is 6. The van der Waals surface area contributed by atoms with Crippen molar-refractivity contribution in [1.29, 1.82) is 0 Å². The number of nitrogens with one attached hydrogen (secondary N) is 2. The van der Waals surface area contributed by atoms with Gasteiger partial charge in [0.2, 0.25) is 5.95 Å². The van der Waals surface area contributed by atoms with Gasteiger partial charge in [-0.15, -0.1) is 0 Å². The average molecular weight is 413 g/mol. The van der Waals surface area contributed by atoms with Gasteiger partial charge in [-0.25, -0.2) is 10.2 Å². The first-order chi connectivity index (χ1) is 13.9. The molecule has 0 saturated heterocycles. The first kappa shape index (κ1) is 20.3. The van der Waals surface area contributed by atoms with Crippen molar-refractivity contribution in [3.63, 3.8) is 0 Å². The van der Waals surface area contributed by atoms with Crippen LogP contribution in [0.15, 0.2) is 62.2 Å². The summed E-state index contributed by atoms with van der Waals surface area (Å²) in [6.45, 7) is 3.87. The van der Waals surface area contributed by atoms with E-state index in [0.29, 0.717) is 23.2 Å². The first-order valence-electron chi connectivity index (χ1n) is 8.92. The SMILES string of the molecule is CC(/C=C/c1ccccc1)=NNc1nc2c(c(=O)[nH]c(=O)n2C)n1C/C=C(/C)Cl. The summed E-state index contributed by atoms with van der Waals surface area (Å²) in [5.74, 6) is 0.327. The molecule has 2 aromatic heterocycles. The molecule has 150 valence electrons. The Balaban J connectivity index is 1.98. The molecule has 0 aliphatic rings. The van der Waals surface area contributed by atoms with E-state index in [1.54, 1.807) is 24.6 Å². The quantitative estimate of drug-likeness (QED) is 0.480. The van der Waals surface area contributed by atoms with E-state index in [2.05, 4.69) is 20.5 Å². The van der Waals surface area contributed by atoms with Crippen LogP contribution in [0, 0.1) is 0 Å². The van der Waals surface area contributed by atoms with Crippen molar-refractivity contribution in [2.45, 2.75) is 20.4 Å². The second-order valence-electron chi connectivity index (χ2n) is 6.44. The van der Waals surface area contributed by atoms with Crippen molar-refractivity contribution >= 4 is 40.5 Å². The normalized spacial score (nSPS) is 12.8. The number of halogens is 1. The Bertz CT molecular complexity index is 1230. The predicted molar refractivity (Wildman–Crippen MR) is 117 cm³/mol. The van der Waals surface area contributed by atoms with E-state index in [0.717, 1.165) is 5.56 Å². The van der Waals surface area contributed by atoms with Gasteiger partial charge in [0, 0.05) is 18.6 Å². The van der Waals surface area contributed by atoms with Gasteiger partial charge >= 0.3 is 5.69 Å². The Morgan fingerprint density at radius 3 is 2.69 bits per heavy atom. The lowest BCUT2D eigenvalue weighted by Gasteiger charge is -2.05. The Hall–Kier alpha value is -3.39. The van der Waals surface area contributed by atoms with Crippen LogP contribution in [0.5, 0.6) is 0 Å². The molecule has 0 aliphatic heterocycles. The molecule has 0 unspecified atom stereocenters. The highest BCUT2D eigenvalue weighted by atomic mass is 35.5. The van der Waals surface area contributed by atoms with Gasteiger partial charge < -0.3 is 0 Å². The van der Waals surface area contributed by atoms with E-state index < -0.39 is 11.2 Å². The van der Waals surface area contributed by atoms with Gasteiger partial charge in [-0.05, 0) is 25.5 Å². The lowest BCUT2D eigenvalue weighted by Crippen LogP contribution is -2.29. The zero-order valence-electron chi connectivity index (χ0n) is 16.3. The zero-order valence-corrected chi connectivity index (χ0v) is 17.1. The van der Waals surface area contributed by atoms with E-state index in [9.17, 15) is 9.59 Å². The Kier molecular flexibility index (Phi) is 6.13. The van der Waals surface area contributed by atoms with Crippen LogP contribution >= 0.6 is 11.6 Å². The third kappa shape index (κ3) is 4.72. The van der Waals surface area contributed by atoms with Crippen LogP contribution in [0.3, 0.4) is 0 Å². The fourth-order valence-corrected chi connectivity index (χ4v) is 2.74. The summed E-state index contributed by atoms with van der Waals surface area (Å²) >= 11 is 5.95. The van der Waals surface area contributed by atoms with Crippen LogP contribution in [-0.4, -0.2) is 24.8 Å². The van der Waals surface area contributed by atoms with Crippen molar-refractivity contribution in [3.8, 4) is 0 Å². The molecule has 0 aliphatic carbocycles. The van der Waals surface area contributed by atoms with Crippen molar-refractivity contribution in [2.24, 2.45) is 12.1 Å². The standard InChI is InChI=1S/C20H21ClN6O2/c1-13(21)11-12-27-16-17(26(3)20(29)23-18(16)28)22-19(27)25-24-14(2)9-10-15-7-5-4-6-8-15/h4-11H,12H2,1-3H3,(H,22,25)(H,23,28,29)/b10-9+,13-11-,24-14?. The molecule has 1 aromatic carbocycles. The molecule has 0 radical (unpaired) electrons. The Morgan fingerprint density at radius 2 is 2.00 bits per heavy atom. The van der Waals surface area contributed by atoms with E-state index in [4.69, 9.17) is 11.6 Å². The molecule has 2 N–H and O–H groups in total. The molecule has 29 heavy (non-hydrogen) atoms. The molecule has 0 atom stereocenters. The number of hydrogen-bond acceptors (Lipinski definition) is 5. The van der Waals surface area contributed by atoms with Gasteiger partial charge in [0.15, 0.2) is 11.2 Å². The Labute approximate surface area is 171 Å². The number of aromatic nitrogens is 4. The minimum atomic E-state index is -0.534. The maximum atomic E-state index is 12.4. The summed E-state index contributed by atoms with van der Waals surface area (Å²) in [4.78, 5) is 30.9. The van der Waals surface area contributed by atoms with Crippen LogP contribution < -0.4 is 16.7 Å². The number of allylic oxidation sites excluding steroid dienone is 3.